The molecule has 3 aromatic rings. The maximum Gasteiger partial charge on any atom is 0.243 e. The number of benzene rings is 3. The lowest BCUT2D eigenvalue weighted by Crippen LogP contribution is -2.51. The number of piperazine rings is 1. The van der Waals surface area contributed by atoms with E-state index in [4.69, 9.17) is 0 Å². The molecular weight excluding hydrogens is 472 g/mol. The molecule has 1 aliphatic rings. The van der Waals surface area contributed by atoms with E-state index in [1.165, 1.54) is 42.5 Å². The van der Waals surface area contributed by atoms with Crippen LogP contribution < -0.4 is 4.90 Å². The van der Waals surface area contributed by atoms with Crippen LogP contribution in [0, 0.1) is 18.6 Å². The van der Waals surface area contributed by atoms with Crippen molar-refractivity contribution in [2.75, 3.05) is 37.6 Å². The summed E-state index contributed by atoms with van der Waals surface area (Å²) in [5.74, 6) is -1.19. The van der Waals surface area contributed by atoms with Gasteiger partial charge in [-0.15, -0.1) is 0 Å². The molecule has 0 radical (unpaired) electrons. The van der Waals surface area contributed by atoms with Gasteiger partial charge in [0.15, 0.2) is 0 Å². The van der Waals surface area contributed by atoms with Crippen LogP contribution in [0.3, 0.4) is 0 Å². The summed E-state index contributed by atoms with van der Waals surface area (Å²) in [6.07, 6.45) is 0. The number of sulfonamides is 1. The quantitative estimate of drug-likeness (QED) is 0.496. The minimum atomic E-state index is -4.05. The molecule has 4 rings (SSSR count). The number of nitrogens with zero attached hydrogens (tertiary/aromatic N) is 3. The molecule has 0 bridgehead atoms. The molecule has 184 valence electrons. The minimum Gasteiger partial charge on any atom is -0.368 e. The van der Waals surface area contributed by atoms with E-state index in [1.807, 2.05) is 11.8 Å². The molecule has 0 aliphatic carbocycles. The Morgan fingerprint density at radius 2 is 1.51 bits per heavy atom. The first-order valence-electron chi connectivity index (χ1n) is 11.3. The van der Waals surface area contributed by atoms with E-state index in [1.54, 1.807) is 35.2 Å². The third-order valence-corrected chi connectivity index (χ3v) is 7.90. The summed E-state index contributed by atoms with van der Waals surface area (Å²) in [5.41, 5.74) is 1.96. The van der Waals surface area contributed by atoms with E-state index >= 15 is 0 Å². The fourth-order valence-corrected chi connectivity index (χ4v) is 5.39. The van der Waals surface area contributed by atoms with Gasteiger partial charge in [0.1, 0.15) is 11.6 Å². The van der Waals surface area contributed by atoms with Crippen molar-refractivity contribution in [2.45, 2.75) is 18.4 Å². The van der Waals surface area contributed by atoms with Gasteiger partial charge in [-0.1, -0.05) is 35.9 Å². The fourth-order valence-electron chi connectivity index (χ4n) is 4.02. The SMILES string of the molecule is Cc1ccc(S(=O)(=O)N(CC(=O)N2CCN(c3ccc(F)cc3)CC2)Cc2ccccc2F)cc1. The summed E-state index contributed by atoms with van der Waals surface area (Å²) in [5, 5.41) is 0. The number of halogens is 2. The zero-order valence-electron chi connectivity index (χ0n) is 19.4. The highest BCUT2D eigenvalue weighted by molar-refractivity contribution is 7.89. The van der Waals surface area contributed by atoms with Crippen molar-refractivity contribution in [1.82, 2.24) is 9.21 Å². The predicted octanol–water partition coefficient (Wildman–Crippen LogP) is 3.81. The lowest BCUT2D eigenvalue weighted by molar-refractivity contribution is -0.131. The van der Waals surface area contributed by atoms with Crippen LogP contribution in [0.1, 0.15) is 11.1 Å². The molecule has 1 aliphatic heterocycles. The summed E-state index contributed by atoms with van der Waals surface area (Å²) in [7, 11) is -4.05. The second-order valence-corrected chi connectivity index (χ2v) is 10.5. The lowest BCUT2D eigenvalue weighted by Gasteiger charge is -2.37. The number of hydrogen-bond acceptors (Lipinski definition) is 4. The molecule has 1 heterocycles. The average molecular weight is 500 g/mol. The van der Waals surface area contributed by atoms with Gasteiger partial charge in [0.2, 0.25) is 15.9 Å². The van der Waals surface area contributed by atoms with Gasteiger partial charge in [-0.05, 0) is 49.4 Å². The monoisotopic (exact) mass is 499 g/mol. The third-order valence-electron chi connectivity index (χ3n) is 6.10. The van der Waals surface area contributed by atoms with E-state index in [9.17, 15) is 22.0 Å². The van der Waals surface area contributed by atoms with Crippen molar-refractivity contribution in [3.63, 3.8) is 0 Å². The Morgan fingerprint density at radius 3 is 2.14 bits per heavy atom. The Morgan fingerprint density at radius 1 is 0.886 bits per heavy atom. The Bertz CT molecular complexity index is 1270. The van der Waals surface area contributed by atoms with Gasteiger partial charge in [0.25, 0.3) is 0 Å². The number of hydrogen-bond donors (Lipinski definition) is 0. The molecule has 1 saturated heterocycles. The lowest BCUT2D eigenvalue weighted by atomic mass is 10.2. The smallest absolute Gasteiger partial charge is 0.243 e. The van der Waals surface area contributed by atoms with Crippen molar-refractivity contribution in [1.29, 1.82) is 0 Å². The molecule has 0 atom stereocenters. The van der Waals surface area contributed by atoms with Crippen LogP contribution in [0.4, 0.5) is 14.5 Å². The Hall–Kier alpha value is -3.30. The van der Waals surface area contributed by atoms with Crippen LogP contribution in [0.5, 0.6) is 0 Å². The van der Waals surface area contributed by atoms with Gasteiger partial charge in [0.05, 0.1) is 11.4 Å². The summed E-state index contributed by atoms with van der Waals surface area (Å²) in [4.78, 5) is 16.9. The third kappa shape index (κ3) is 5.86. The number of amides is 1. The maximum absolute atomic E-state index is 14.4. The van der Waals surface area contributed by atoms with Crippen LogP contribution in [0.15, 0.2) is 77.7 Å². The predicted molar refractivity (Wildman–Crippen MR) is 130 cm³/mol. The molecule has 0 N–H and O–H groups in total. The van der Waals surface area contributed by atoms with Gasteiger partial charge in [-0.3, -0.25) is 4.79 Å². The molecule has 9 heteroatoms. The molecule has 1 fully saturated rings. The highest BCUT2D eigenvalue weighted by atomic mass is 32.2. The number of anilines is 1. The molecule has 0 saturated carbocycles. The summed E-state index contributed by atoms with van der Waals surface area (Å²) < 4.78 is 55.5. The van der Waals surface area contributed by atoms with Crippen molar-refractivity contribution >= 4 is 21.6 Å². The first-order chi connectivity index (χ1) is 16.7. The average Bonchev–Trinajstić information content (AvgIpc) is 2.85. The zero-order chi connectivity index (χ0) is 25.0. The van der Waals surface area contributed by atoms with E-state index in [2.05, 4.69) is 0 Å². The minimum absolute atomic E-state index is 0.0494. The standard InChI is InChI=1S/C26H27F2N3O3S/c1-20-6-12-24(13-7-20)35(33,34)31(18-21-4-2-3-5-25(21)28)19-26(32)30-16-14-29(15-17-30)23-10-8-22(27)9-11-23/h2-13H,14-19H2,1H3. The molecule has 3 aromatic carbocycles. The molecule has 35 heavy (non-hydrogen) atoms. The summed E-state index contributed by atoms with van der Waals surface area (Å²) in [6.45, 7) is 3.06. The van der Waals surface area contributed by atoms with Crippen LogP contribution in [-0.4, -0.2) is 56.3 Å². The van der Waals surface area contributed by atoms with E-state index in [0.717, 1.165) is 15.6 Å². The summed E-state index contributed by atoms with van der Waals surface area (Å²) in [6, 6.07) is 18.5. The zero-order valence-corrected chi connectivity index (χ0v) is 20.2. The summed E-state index contributed by atoms with van der Waals surface area (Å²) >= 11 is 0. The first kappa shape index (κ1) is 24.8. The van der Waals surface area contributed by atoms with Crippen molar-refractivity contribution in [3.05, 3.63) is 95.6 Å². The molecular formula is C26H27F2N3O3S. The molecule has 1 amide bonds. The fraction of sp³-hybridized carbons (Fsp3) is 0.269. The Balaban J connectivity index is 1.50. The molecule has 0 spiro atoms. The van der Waals surface area contributed by atoms with Gasteiger partial charge < -0.3 is 9.80 Å². The van der Waals surface area contributed by atoms with E-state index < -0.39 is 22.4 Å². The Labute approximate surface area is 204 Å². The second-order valence-electron chi connectivity index (χ2n) is 8.52. The number of carbonyl (C=O) groups excluding carboxylic acids is 1. The van der Waals surface area contributed by atoms with Crippen LogP contribution >= 0.6 is 0 Å². The van der Waals surface area contributed by atoms with Gasteiger partial charge in [-0.2, -0.15) is 4.31 Å². The number of carbonyl (C=O) groups is 1. The van der Waals surface area contributed by atoms with Gasteiger partial charge in [0, 0.05) is 44.0 Å². The van der Waals surface area contributed by atoms with Crippen LogP contribution in [0.25, 0.3) is 0 Å². The van der Waals surface area contributed by atoms with Crippen LogP contribution in [0.2, 0.25) is 0 Å². The normalized spacial score (nSPS) is 14.4. The highest BCUT2D eigenvalue weighted by Gasteiger charge is 2.30. The van der Waals surface area contributed by atoms with Gasteiger partial charge in [-0.25, -0.2) is 17.2 Å². The number of aryl methyl sites for hydroxylation is 1. The topological polar surface area (TPSA) is 60.9 Å². The van der Waals surface area contributed by atoms with Crippen molar-refractivity contribution in [3.8, 4) is 0 Å². The molecule has 0 unspecified atom stereocenters. The Kier molecular flexibility index (Phi) is 7.47. The first-order valence-corrected chi connectivity index (χ1v) is 12.8. The van der Waals surface area contributed by atoms with Crippen LogP contribution in [-0.2, 0) is 21.4 Å². The van der Waals surface area contributed by atoms with E-state index in [-0.39, 0.29) is 28.7 Å². The second kappa shape index (κ2) is 10.5. The highest BCUT2D eigenvalue weighted by Crippen LogP contribution is 2.22. The number of rotatable bonds is 7. The maximum atomic E-state index is 14.4. The molecule has 0 aromatic heterocycles. The van der Waals surface area contributed by atoms with E-state index in [0.29, 0.717) is 26.2 Å². The van der Waals surface area contributed by atoms with Crippen molar-refractivity contribution < 1.29 is 22.0 Å². The molecule has 6 nitrogen and oxygen atoms in total. The van der Waals surface area contributed by atoms with Gasteiger partial charge >= 0.3 is 0 Å². The van der Waals surface area contributed by atoms with Crippen molar-refractivity contribution in [2.24, 2.45) is 0 Å². The largest absolute Gasteiger partial charge is 0.368 e.